The Morgan fingerprint density at radius 3 is 2.56 bits per heavy atom. The van der Waals surface area contributed by atoms with Gasteiger partial charge in [-0.05, 0) is 31.1 Å². The van der Waals surface area contributed by atoms with E-state index in [0.29, 0.717) is 6.42 Å². The zero-order chi connectivity index (χ0) is 12.3. The van der Waals surface area contributed by atoms with E-state index in [1.165, 1.54) is 0 Å². The Kier molecular flexibility index (Phi) is 4.33. The molecule has 0 aromatic rings. The number of carbonyl (C=O) groups excluding carboxylic acids is 1. The molecule has 4 heteroatoms. The standard InChI is InChI=1S/C12H24N2O2/c1-12(2,3)10(13)11(16)14-8-5-4-6-9(15)7-8/h8-10,15H,4-7,13H2,1-3H3,(H,14,16)/t8?,9?,10-/m0/s1. The Morgan fingerprint density at radius 2 is 2.06 bits per heavy atom. The predicted octanol–water partition coefficient (Wildman–Crippen LogP) is 0.779. The summed E-state index contributed by atoms with van der Waals surface area (Å²) >= 11 is 0. The average Bonchev–Trinajstić information content (AvgIpc) is 2.15. The van der Waals surface area contributed by atoms with Crippen LogP contribution in [0.2, 0.25) is 0 Å². The maximum Gasteiger partial charge on any atom is 0.237 e. The van der Waals surface area contributed by atoms with Crippen molar-refractivity contribution in [2.45, 2.75) is 64.6 Å². The van der Waals surface area contributed by atoms with Crippen LogP contribution in [0, 0.1) is 5.41 Å². The molecule has 1 saturated carbocycles. The van der Waals surface area contributed by atoms with Crippen molar-refractivity contribution in [1.29, 1.82) is 0 Å². The summed E-state index contributed by atoms with van der Waals surface area (Å²) in [5.74, 6) is -0.105. The lowest BCUT2D eigenvalue weighted by molar-refractivity contribution is -0.125. The topological polar surface area (TPSA) is 75.4 Å². The summed E-state index contributed by atoms with van der Waals surface area (Å²) in [4.78, 5) is 11.8. The highest BCUT2D eigenvalue weighted by Crippen LogP contribution is 2.20. The molecule has 1 amide bonds. The molecule has 0 aromatic carbocycles. The second kappa shape index (κ2) is 5.15. The van der Waals surface area contributed by atoms with E-state index in [4.69, 9.17) is 5.73 Å². The van der Waals surface area contributed by atoms with Gasteiger partial charge in [-0.3, -0.25) is 4.79 Å². The monoisotopic (exact) mass is 228 g/mol. The van der Waals surface area contributed by atoms with Crippen LogP contribution in [-0.4, -0.2) is 29.2 Å². The van der Waals surface area contributed by atoms with E-state index in [1.54, 1.807) is 0 Å². The molecular weight excluding hydrogens is 204 g/mol. The summed E-state index contributed by atoms with van der Waals surface area (Å²) in [5, 5.41) is 12.4. The highest BCUT2D eigenvalue weighted by molar-refractivity contribution is 5.82. The summed E-state index contributed by atoms with van der Waals surface area (Å²) in [6.45, 7) is 5.85. The Labute approximate surface area is 97.6 Å². The van der Waals surface area contributed by atoms with Gasteiger partial charge < -0.3 is 16.2 Å². The lowest BCUT2D eigenvalue weighted by atomic mass is 9.86. The molecule has 3 atom stereocenters. The third kappa shape index (κ3) is 3.76. The van der Waals surface area contributed by atoms with Crippen LogP contribution >= 0.6 is 0 Å². The lowest BCUT2D eigenvalue weighted by Gasteiger charge is -2.31. The molecule has 2 unspecified atom stereocenters. The number of aliphatic hydroxyl groups is 1. The summed E-state index contributed by atoms with van der Waals surface area (Å²) in [6, 6.07) is -0.406. The Balaban J connectivity index is 2.45. The molecule has 4 N–H and O–H groups in total. The van der Waals surface area contributed by atoms with E-state index in [1.807, 2.05) is 20.8 Å². The zero-order valence-electron chi connectivity index (χ0n) is 10.5. The van der Waals surface area contributed by atoms with E-state index >= 15 is 0 Å². The number of carbonyl (C=O) groups is 1. The molecule has 0 saturated heterocycles. The van der Waals surface area contributed by atoms with Crippen molar-refractivity contribution in [1.82, 2.24) is 5.32 Å². The SMILES string of the molecule is CC(C)(C)[C@@H](N)C(=O)NC1CCCC(O)C1. The van der Waals surface area contributed by atoms with Crippen LogP contribution in [0.3, 0.4) is 0 Å². The predicted molar refractivity (Wildman–Crippen MR) is 63.8 cm³/mol. The first kappa shape index (κ1) is 13.5. The maximum atomic E-state index is 11.8. The number of hydrogen-bond acceptors (Lipinski definition) is 3. The van der Waals surface area contributed by atoms with Gasteiger partial charge >= 0.3 is 0 Å². The fourth-order valence-corrected chi connectivity index (χ4v) is 1.98. The molecule has 16 heavy (non-hydrogen) atoms. The minimum atomic E-state index is -0.494. The average molecular weight is 228 g/mol. The number of hydrogen-bond donors (Lipinski definition) is 3. The number of aliphatic hydroxyl groups excluding tert-OH is 1. The Bertz CT molecular complexity index is 248. The number of nitrogens with two attached hydrogens (primary N) is 1. The quantitative estimate of drug-likeness (QED) is 0.654. The molecule has 1 fully saturated rings. The van der Waals surface area contributed by atoms with Gasteiger partial charge in [-0.15, -0.1) is 0 Å². The zero-order valence-corrected chi connectivity index (χ0v) is 10.5. The van der Waals surface area contributed by atoms with Gasteiger partial charge in [0.25, 0.3) is 0 Å². The molecular formula is C12H24N2O2. The summed E-state index contributed by atoms with van der Waals surface area (Å²) in [5.41, 5.74) is 5.65. The van der Waals surface area contributed by atoms with Gasteiger partial charge in [0, 0.05) is 6.04 Å². The van der Waals surface area contributed by atoms with Crippen molar-refractivity contribution in [3.63, 3.8) is 0 Å². The first-order valence-corrected chi connectivity index (χ1v) is 6.04. The van der Waals surface area contributed by atoms with Crippen molar-refractivity contribution in [2.24, 2.45) is 11.1 Å². The fraction of sp³-hybridized carbons (Fsp3) is 0.917. The van der Waals surface area contributed by atoms with Gasteiger partial charge in [-0.2, -0.15) is 0 Å². The van der Waals surface area contributed by atoms with Crippen LogP contribution in [-0.2, 0) is 4.79 Å². The number of rotatable bonds is 2. The highest BCUT2D eigenvalue weighted by Gasteiger charge is 2.30. The summed E-state index contributed by atoms with van der Waals surface area (Å²) in [6.07, 6.45) is 3.14. The smallest absolute Gasteiger partial charge is 0.237 e. The van der Waals surface area contributed by atoms with Gasteiger partial charge in [0.05, 0.1) is 12.1 Å². The molecule has 94 valence electrons. The van der Waals surface area contributed by atoms with Crippen LogP contribution in [0.15, 0.2) is 0 Å². The molecule has 0 aromatic heterocycles. The van der Waals surface area contributed by atoms with Crippen LogP contribution in [0.25, 0.3) is 0 Å². The highest BCUT2D eigenvalue weighted by atomic mass is 16.3. The van der Waals surface area contributed by atoms with Gasteiger partial charge in [-0.1, -0.05) is 20.8 Å². The fourth-order valence-electron chi connectivity index (χ4n) is 1.98. The third-order valence-electron chi connectivity index (χ3n) is 3.21. The van der Waals surface area contributed by atoms with Crippen molar-refractivity contribution in [3.8, 4) is 0 Å². The molecule has 1 aliphatic carbocycles. The van der Waals surface area contributed by atoms with Crippen LogP contribution in [0.5, 0.6) is 0 Å². The van der Waals surface area contributed by atoms with Crippen molar-refractivity contribution in [2.75, 3.05) is 0 Å². The largest absolute Gasteiger partial charge is 0.393 e. The molecule has 0 radical (unpaired) electrons. The molecule has 4 nitrogen and oxygen atoms in total. The normalized spacial score (nSPS) is 28.6. The van der Waals surface area contributed by atoms with E-state index in [2.05, 4.69) is 5.32 Å². The van der Waals surface area contributed by atoms with Crippen LogP contribution in [0.1, 0.15) is 46.5 Å². The van der Waals surface area contributed by atoms with Crippen molar-refractivity contribution < 1.29 is 9.90 Å². The van der Waals surface area contributed by atoms with Gasteiger partial charge in [0.15, 0.2) is 0 Å². The minimum Gasteiger partial charge on any atom is -0.393 e. The summed E-state index contributed by atoms with van der Waals surface area (Å²) < 4.78 is 0. The van der Waals surface area contributed by atoms with E-state index in [0.717, 1.165) is 19.3 Å². The van der Waals surface area contributed by atoms with E-state index < -0.39 is 6.04 Å². The first-order valence-electron chi connectivity index (χ1n) is 6.04. The van der Waals surface area contributed by atoms with Gasteiger partial charge in [-0.25, -0.2) is 0 Å². The Hall–Kier alpha value is -0.610. The second-order valence-corrected chi connectivity index (χ2v) is 5.87. The number of nitrogens with one attached hydrogen (secondary N) is 1. The second-order valence-electron chi connectivity index (χ2n) is 5.87. The lowest BCUT2D eigenvalue weighted by Crippen LogP contribution is -2.52. The third-order valence-corrected chi connectivity index (χ3v) is 3.21. The molecule has 0 spiro atoms. The van der Waals surface area contributed by atoms with Crippen molar-refractivity contribution >= 4 is 5.91 Å². The van der Waals surface area contributed by atoms with Crippen LogP contribution < -0.4 is 11.1 Å². The van der Waals surface area contributed by atoms with Gasteiger partial charge in [0.2, 0.25) is 5.91 Å². The Morgan fingerprint density at radius 1 is 1.44 bits per heavy atom. The molecule has 0 heterocycles. The molecule has 0 aliphatic heterocycles. The summed E-state index contributed by atoms with van der Waals surface area (Å²) in [7, 11) is 0. The molecule has 1 aliphatic rings. The van der Waals surface area contributed by atoms with Crippen LogP contribution in [0.4, 0.5) is 0 Å². The first-order chi connectivity index (χ1) is 7.30. The van der Waals surface area contributed by atoms with E-state index in [9.17, 15) is 9.90 Å². The maximum absolute atomic E-state index is 11.8. The number of amides is 1. The minimum absolute atomic E-state index is 0.0876. The van der Waals surface area contributed by atoms with Gasteiger partial charge in [0.1, 0.15) is 0 Å². The van der Waals surface area contributed by atoms with E-state index in [-0.39, 0.29) is 23.5 Å². The molecule has 1 rings (SSSR count). The molecule has 0 bridgehead atoms. The van der Waals surface area contributed by atoms with Crippen molar-refractivity contribution in [3.05, 3.63) is 0 Å².